The van der Waals surface area contributed by atoms with Gasteiger partial charge in [0.15, 0.2) is 0 Å². The Morgan fingerprint density at radius 1 is 1.15 bits per heavy atom. The molecule has 1 aromatic rings. The van der Waals surface area contributed by atoms with E-state index in [2.05, 4.69) is 5.32 Å². The van der Waals surface area contributed by atoms with E-state index in [9.17, 15) is 9.59 Å². The molecule has 3 saturated heterocycles. The van der Waals surface area contributed by atoms with Gasteiger partial charge in [0.25, 0.3) is 5.91 Å². The lowest BCUT2D eigenvalue weighted by molar-refractivity contribution is -0.128. The maximum atomic E-state index is 12.9. The zero-order valence-electron chi connectivity index (χ0n) is 15.2. The first kappa shape index (κ1) is 19.2. The van der Waals surface area contributed by atoms with Crippen LogP contribution in [0.25, 0.3) is 0 Å². The van der Waals surface area contributed by atoms with Crippen LogP contribution in [0.15, 0.2) is 24.3 Å². The van der Waals surface area contributed by atoms with Crippen molar-refractivity contribution in [2.45, 2.75) is 38.6 Å². The van der Waals surface area contributed by atoms with Crippen LogP contribution in [0.4, 0.5) is 0 Å². The Balaban J connectivity index is 0.00000196. The van der Waals surface area contributed by atoms with Crippen molar-refractivity contribution in [3.63, 3.8) is 0 Å². The monoisotopic (exact) mass is 377 g/mol. The largest absolute Gasteiger partial charge is 0.339 e. The summed E-state index contributed by atoms with van der Waals surface area (Å²) in [5, 5.41) is 3.47. The molecule has 0 atom stereocenters. The Morgan fingerprint density at radius 2 is 1.96 bits per heavy atom. The maximum Gasteiger partial charge on any atom is 0.253 e. The summed E-state index contributed by atoms with van der Waals surface area (Å²) in [4.78, 5) is 28.6. The number of benzene rings is 1. The first-order chi connectivity index (χ1) is 12.2. The molecule has 0 aliphatic carbocycles. The third-order valence-corrected chi connectivity index (χ3v) is 6.16. The summed E-state index contributed by atoms with van der Waals surface area (Å²) in [7, 11) is 0. The van der Waals surface area contributed by atoms with Gasteiger partial charge in [-0.1, -0.05) is 12.1 Å². The molecule has 0 unspecified atom stereocenters. The predicted octanol–water partition coefficient (Wildman–Crippen LogP) is 2.45. The second-order valence-electron chi connectivity index (χ2n) is 7.84. The van der Waals surface area contributed by atoms with Crippen LogP contribution in [-0.2, 0) is 11.3 Å². The number of carbonyl (C=O) groups is 2. The first-order valence-electron chi connectivity index (χ1n) is 9.52. The van der Waals surface area contributed by atoms with E-state index in [-0.39, 0.29) is 24.2 Å². The van der Waals surface area contributed by atoms with Crippen molar-refractivity contribution in [2.75, 3.05) is 32.7 Å². The molecule has 26 heavy (non-hydrogen) atoms. The minimum Gasteiger partial charge on any atom is -0.339 e. The van der Waals surface area contributed by atoms with Crippen molar-refractivity contribution in [3.8, 4) is 0 Å². The van der Waals surface area contributed by atoms with E-state index in [0.717, 1.165) is 63.1 Å². The van der Waals surface area contributed by atoms with Crippen LogP contribution in [0.5, 0.6) is 0 Å². The first-order valence-corrected chi connectivity index (χ1v) is 9.52. The molecule has 0 radical (unpaired) electrons. The molecule has 0 aromatic heterocycles. The highest BCUT2D eigenvalue weighted by Gasteiger charge is 2.38. The van der Waals surface area contributed by atoms with Crippen molar-refractivity contribution in [2.24, 2.45) is 5.41 Å². The standard InChI is InChI=1S/C20H27N3O2.ClH/c24-18-5-2-10-23(18)14-16-3-1-4-17(13-16)19(25)22-11-7-20(8-12-22)6-9-21-15-20;/h1,3-4,13,21H,2,5-12,14-15H2;1H. The van der Waals surface area contributed by atoms with Crippen LogP contribution in [0.3, 0.4) is 0 Å². The van der Waals surface area contributed by atoms with E-state index in [0.29, 0.717) is 18.4 Å². The van der Waals surface area contributed by atoms with Crippen molar-refractivity contribution >= 4 is 24.2 Å². The Bertz CT molecular complexity index is 663. The summed E-state index contributed by atoms with van der Waals surface area (Å²) in [6, 6.07) is 7.82. The summed E-state index contributed by atoms with van der Waals surface area (Å²) >= 11 is 0. The summed E-state index contributed by atoms with van der Waals surface area (Å²) in [5.41, 5.74) is 2.23. The van der Waals surface area contributed by atoms with Gasteiger partial charge in [0, 0.05) is 44.7 Å². The maximum absolute atomic E-state index is 12.9. The number of carbonyl (C=O) groups excluding carboxylic acids is 2. The van der Waals surface area contributed by atoms with Crippen LogP contribution in [0.2, 0.25) is 0 Å². The van der Waals surface area contributed by atoms with Gasteiger partial charge in [-0.15, -0.1) is 12.4 Å². The fraction of sp³-hybridized carbons (Fsp3) is 0.600. The van der Waals surface area contributed by atoms with Crippen molar-refractivity contribution in [1.82, 2.24) is 15.1 Å². The molecule has 5 nitrogen and oxygen atoms in total. The number of piperidine rings is 1. The number of hydrogen-bond acceptors (Lipinski definition) is 3. The van der Waals surface area contributed by atoms with Gasteiger partial charge < -0.3 is 15.1 Å². The van der Waals surface area contributed by atoms with Gasteiger partial charge in [0.1, 0.15) is 0 Å². The van der Waals surface area contributed by atoms with Crippen LogP contribution in [0, 0.1) is 5.41 Å². The minimum atomic E-state index is 0. The number of amides is 2. The molecule has 1 spiro atoms. The zero-order valence-corrected chi connectivity index (χ0v) is 16.0. The van der Waals surface area contributed by atoms with Gasteiger partial charge in [0.05, 0.1) is 0 Å². The highest BCUT2D eigenvalue weighted by Crippen LogP contribution is 2.37. The summed E-state index contributed by atoms with van der Waals surface area (Å²) in [6.45, 7) is 5.39. The number of hydrogen-bond donors (Lipinski definition) is 1. The fourth-order valence-corrected chi connectivity index (χ4v) is 4.48. The molecule has 2 amide bonds. The molecule has 1 aromatic carbocycles. The molecule has 3 aliphatic rings. The fourth-order valence-electron chi connectivity index (χ4n) is 4.48. The number of likely N-dealkylation sites (tertiary alicyclic amines) is 2. The van der Waals surface area contributed by atoms with Gasteiger partial charge in [-0.05, 0) is 55.3 Å². The topological polar surface area (TPSA) is 52.7 Å². The molecule has 0 saturated carbocycles. The zero-order chi connectivity index (χ0) is 17.3. The van der Waals surface area contributed by atoms with Gasteiger partial charge in [0.2, 0.25) is 5.91 Å². The van der Waals surface area contributed by atoms with Gasteiger partial charge in [-0.2, -0.15) is 0 Å². The Morgan fingerprint density at radius 3 is 2.62 bits per heavy atom. The van der Waals surface area contributed by atoms with E-state index >= 15 is 0 Å². The SMILES string of the molecule is Cl.O=C1CCCN1Cc1cccc(C(=O)N2CCC3(CCNC3)CC2)c1. The van der Waals surface area contributed by atoms with E-state index in [4.69, 9.17) is 0 Å². The lowest BCUT2D eigenvalue weighted by Crippen LogP contribution is -2.44. The van der Waals surface area contributed by atoms with E-state index < -0.39 is 0 Å². The molecule has 3 heterocycles. The molecule has 6 heteroatoms. The van der Waals surface area contributed by atoms with Crippen molar-refractivity contribution in [1.29, 1.82) is 0 Å². The number of nitrogens with one attached hydrogen (secondary N) is 1. The van der Waals surface area contributed by atoms with Gasteiger partial charge >= 0.3 is 0 Å². The quantitative estimate of drug-likeness (QED) is 0.880. The minimum absolute atomic E-state index is 0. The Labute approximate surface area is 161 Å². The number of halogens is 1. The molecular weight excluding hydrogens is 350 g/mol. The Hall–Kier alpha value is -1.59. The van der Waals surface area contributed by atoms with Crippen LogP contribution in [0.1, 0.15) is 48.0 Å². The lowest BCUT2D eigenvalue weighted by atomic mass is 9.78. The van der Waals surface area contributed by atoms with Crippen LogP contribution < -0.4 is 5.32 Å². The van der Waals surface area contributed by atoms with Crippen molar-refractivity contribution < 1.29 is 9.59 Å². The molecule has 142 valence electrons. The molecule has 3 aliphatic heterocycles. The van der Waals surface area contributed by atoms with E-state index in [1.54, 1.807) is 0 Å². The van der Waals surface area contributed by atoms with E-state index in [1.807, 2.05) is 34.1 Å². The third-order valence-electron chi connectivity index (χ3n) is 6.16. The molecular formula is C20H28ClN3O2. The molecule has 0 bridgehead atoms. The predicted molar refractivity (Wildman–Crippen MR) is 103 cm³/mol. The third kappa shape index (κ3) is 3.89. The average molecular weight is 378 g/mol. The second-order valence-corrected chi connectivity index (χ2v) is 7.84. The highest BCUT2D eigenvalue weighted by atomic mass is 35.5. The van der Waals surface area contributed by atoms with Gasteiger partial charge in [-0.25, -0.2) is 0 Å². The lowest BCUT2D eigenvalue weighted by Gasteiger charge is -2.39. The molecule has 1 N–H and O–H groups in total. The molecule has 4 rings (SSSR count). The summed E-state index contributed by atoms with van der Waals surface area (Å²) in [6.07, 6.45) is 5.06. The highest BCUT2D eigenvalue weighted by molar-refractivity contribution is 5.94. The van der Waals surface area contributed by atoms with E-state index in [1.165, 1.54) is 6.42 Å². The van der Waals surface area contributed by atoms with Crippen LogP contribution >= 0.6 is 12.4 Å². The van der Waals surface area contributed by atoms with Crippen molar-refractivity contribution in [3.05, 3.63) is 35.4 Å². The number of nitrogens with zero attached hydrogens (tertiary/aromatic N) is 2. The summed E-state index contributed by atoms with van der Waals surface area (Å²) in [5.74, 6) is 0.360. The number of rotatable bonds is 3. The Kier molecular flexibility index (Phi) is 5.88. The average Bonchev–Trinajstić information content (AvgIpc) is 3.25. The second kappa shape index (κ2) is 7.97. The normalized spacial score (nSPS) is 21.9. The summed E-state index contributed by atoms with van der Waals surface area (Å²) < 4.78 is 0. The molecule has 3 fully saturated rings. The van der Waals surface area contributed by atoms with Gasteiger partial charge in [-0.3, -0.25) is 9.59 Å². The smallest absolute Gasteiger partial charge is 0.253 e. The van der Waals surface area contributed by atoms with Crippen LogP contribution in [-0.4, -0.2) is 54.3 Å².